The Kier molecular flexibility index (Phi) is 8.26. The molecule has 174 valence electrons. The van der Waals surface area contributed by atoms with E-state index in [-0.39, 0.29) is 0 Å². The quantitative estimate of drug-likeness (QED) is 0.321. The Morgan fingerprint density at radius 3 is 2.29 bits per heavy atom. The van der Waals surface area contributed by atoms with Crippen molar-refractivity contribution in [2.75, 3.05) is 5.32 Å². The molecule has 0 spiro atoms. The number of carboxylic acid groups (broad SMARTS) is 2. The Bertz CT molecular complexity index is 1260. The molecule has 8 nitrogen and oxygen atoms in total. The molecule has 0 aliphatic heterocycles. The number of carbonyl (C=O) groups is 2. The molecule has 0 unspecified atom stereocenters. The summed E-state index contributed by atoms with van der Waals surface area (Å²) >= 11 is 6.11. The highest BCUT2D eigenvalue weighted by Crippen LogP contribution is 2.25. The van der Waals surface area contributed by atoms with E-state index in [9.17, 15) is 0 Å². The van der Waals surface area contributed by atoms with Crippen LogP contribution in [0.1, 0.15) is 5.56 Å². The smallest absolute Gasteiger partial charge is 0.414 e. The van der Waals surface area contributed by atoms with Crippen molar-refractivity contribution in [2.24, 2.45) is 7.05 Å². The van der Waals surface area contributed by atoms with Gasteiger partial charge in [-0.25, -0.2) is 14.6 Å². The van der Waals surface area contributed by atoms with Crippen molar-refractivity contribution in [3.8, 4) is 22.8 Å². The van der Waals surface area contributed by atoms with E-state index in [0.29, 0.717) is 11.6 Å². The highest BCUT2D eigenvalue weighted by Gasteiger charge is 2.09. The lowest BCUT2D eigenvalue weighted by Crippen LogP contribution is -2.09. The summed E-state index contributed by atoms with van der Waals surface area (Å²) in [6.45, 7) is 0.645. The summed E-state index contributed by atoms with van der Waals surface area (Å²) < 4.78 is 7.93. The van der Waals surface area contributed by atoms with Gasteiger partial charge in [0, 0.05) is 24.2 Å². The Hall–Kier alpha value is -4.30. The maximum atomic E-state index is 9.10. The van der Waals surface area contributed by atoms with Gasteiger partial charge in [-0.3, -0.25) is 0 Å². The van der Waals surface area contributed by atoms with E-state index in [1.165, 1.54) is 0 Å². The first-order valence-corrected chi connectivity index (χ1v) is 10.5. The van der Waals surface area contributed by atoms with Crippen LogP contribution in [0.15, 0.2) is 85.1 Å². The number of imidazole rings is 1. The molecule has 0 aliphatic carbocycles. The summed E-state index contributed by atoms with van der Waals surface area (Å²) in [5.41, 5.74) is 3.15. The van der Waals surface area contributed by atoms with Gasteiger partial charge in [0.25, 0.3) is 0 Å². The number of nitrogens with zero attached hydrogens (tertiary/aromatic N) is 2. The molecule has 34 heavy (non-hydrogen) atoms. The minimum absolute atomic E-state index is 0.645. The second-order valence-electron chi connectivity index (χ2n) is 7.06. The van der Waals surface area contributed by atoms with Gasteiger partial charge in [-0.15, -0.1) is 0 Å². The maximum Gasteiger partial charge on any atom is 0.414 e. The zero-order chi connectivity index (χ0) is 24.5. The third-order valence-corrected chi connectivity index (χ3v) is 4.85. The average molecular weight is 480 g/mol. The van der Waals surface area contributed by atoms with Crippen molar-refractivity contribution in [3.05, 3.63) is 95.6 Å². The molecular formula is C25H22ClN3O5. The zero-order valence-electron chi connectivity index (χ0n) is 18.2. The number of ether oxygens (including phenoxy) is 1. The van der Waals surface area contributed by atoms with E-state index in [2.05, 4.69) is 16.4 Å². The van der Waals surface area contributed by atoms with Crippen molar-refractivity contribution in [1.82, 2.24) is 9.55 Å². The van der Waals surface area contributed by atoms with Crippen molar-refractivity contribution < 1.29 is 24.5 Å². The summed E-state index contributed by atoms with van der Waals surface area (Å²) in [7, 11) is 1.99. The Morgan fingerprint density at radius 1 is 0.941 bits per heavy atom. The van der Waals surface area contributed by atoms with Crippen molar-refractivity contribution in [2.45, 2.75) is 6.54 Å². The van der Waals surface area contributed by atoms with Gasteiger partial charge >= 0.3 is 11.9 Å². The van der Waals surface area contributed by atoms with Crippen molar-refractivity contribution in [3.63, 3.8) is 0 Å². The van der Waals surface area contributed by atoms with Crippen LogP contribution in [-0.2, 0) is 23.2 Å². The molecule has 9 heteroatoms. The van der Waals surface area contributed by atoms with Crippen LogP contribution >= 0.6 is 11.6 Å². The zero-order valence-corrected chi connectivity index (χ0v) is 18.9. The van der Waals surface area contributed by atoms with Gasteiger partial charge in [-0.05, 0) is 42.0 Å². The molecule has 3 N–H and O–H groups in total. The number of benzene rings is 3. The molecule has 0 saturated heterocycles. The third-order valence-electron chi connectivity index (χ3n) is 4.62. The van der Waals surface area contributed by atoms with Gasteiger partial charge in [0.1, 0.15) is 11.5 Å². The first-order chi connectivity index (χ1) is 16.3. The second kappa shape index (κ2) is 11.5. The molecular weight excluding hydrogens is 458 g/mol. The van der Waals surface area contributed by atoms with Crippen LogP contribution < -0.4 is 10.1 Å². The number of hydrogen-bond acceptors (Lipinski definition) is 5. The summed E-state index contributed by atoms with van der Waals surface area (Å²) in [5, 5.41) is 18.9. The van der Waals surface area contributed by atoms with Gasteiger partial charge < -0.3 is 24.8 Å². The van der Waals surface area contributed by atoms with Crippen LogP contribution in [0.2, 0.25) is 5.02 Å². The number of hydrogen-bond donors (Lipinski definition) is 3. The molecule has 0 bridgehead atoms. The monoisotopic (exact) mass is 479 g/mol. The number of rotatable bonds is 6. The Labute approximate surface area is 201 Å². The van der Waals surface area contributed by atoms with E-state index in [0.717, 1.165) is 34.3 Å². The molecule has 0 amide bonds. The number of aromatic nitrogens is 2. The SMILES string of the molecule is Cn1c(-c2cccc(Cl)c2)cnc1NCc1cccc(Oc2ccccc2)c1.O=C(O)C(=O)O. The number of anilines is 1. The van der Waals surface area contributed by atoms with Crippen LogP contribution in [0.5, 0.6) is 11.5 Å². The molecule has 4 rings (SSSR count). The molecule has 0 atom stereocenters. The van der Waals surface area contributed by atoms with Gasteiger partial charge in [0.2, 0.25) is 5.95 Å². The normalized spacial score (nSPS) is 10.1. The molecule has 0 fully saturated rings. The van der Waals surface area contributed by atoms with Gasteiger partial charge in [0.15, 0.2) is 0 Å². The van der Waals surface area contributed by atoms with Gasteiger partial charge in [0.05, 0.1) is 11.9 Å². The lowest BCUT2D eigenvalue weighted by atomic mass is 10.2. The van der Waals surface area contributed by atoms with Gasteiger partial charge in [-0.2, -0.15) is 0 Å². The predicted molar refractivity (Wildman–Crippen MR) is 129 cm³/mol. The molecule has 0 aliphatic rings. The maximum absolute atomic E-state index is 9.10. The van der Waals surface area contributed by atoms with Crippen LogP contribution in [0, 0.1) is 0 Å². The topological polar surface area (TPSA) is 114 Å². The van der Waals surface area contributed by atoms with Crippen LogP contribution in [0.25, 0.3) is 11.3 Å². The standard InChI is InChI=1S/C23H20ClN3O.C2H2O4/c1-27-22(18-8-6-9-19(24)14-18)16-26-23(27)25-15-17-7-5-12-21(13-17)28-20-10-3-2-4-11-20;3-1(4)2(5)6/h2-14,16H,15H2,1H3,(H,25,26);(H,3,4)(H,5,6). The molecule has 1 heterocycles. The second-order valence-corrected chi connectivity index (χ2v) is 7.50. The Balaban J connectivity index is 0.000000481. The van der Waals surface area contributed by atoms with Crippen molar-refractivity contribution in [1.29, 1.82) is 0 Å². The van der Waals surface area contributed by atoms with E-state index in [4.69, 9.17) is 36.1 Å². The summed E-state index contributed by atoms with van der Waals surface area (Å²) in [6, 6.07) is 25.6. The lowest BCUT2D eigenvalue weighted by molar-refractivity contribution is -0.159. The highest BCUT2D eigenvalue weighted by atomic mass is 35.5. The van der Waals surface area contributed by atoms with E-state index in [1.54, 1.807) is 0 Å². The first kappa shape index (κ1) is 24.3. The van der Waals surface area contributed by atoms with Gasteiger partial charge in [-0.1, -0.05) is 54.1 Å². The lowest BCUT2D eigenvalue weighted by Gasteiger charge is -2.10. The fourth-order valence-electron chi connectivity index (χ4n) is 3.01. The summed E-state index contributed by atoms with van der Waals surface area (Å²) in [5.74, 6) is -1.22. The van der Waals surface area contributed by atoms with Crippen LogP contribution in [-0.4, -0.2) is 31.7 Å². The predicted octanol–water partition coefficient (Wildman–Crippen LogP) is 5.30. The van der Waals surface area contributed by atoms with E-state index >= 15 is 0 Å². The average Bonchev–Trinajstić information content (AvgIpc) is 3.19. The van der Waals surface area contributed by atoms with E-state index in [1.807, 2.05) is 90.6 Å². The minimum atomic E-state index is -1.82. The van der Waals surface area contributed by atoms with Crippen LogP contribution in [0.3, 0.4) is 0 Å². The fourth-order valence-corrected chi connectivity index (χ4v) is 3.20. The largest absolute Gasteiger partial charge is 0.473 e. The molecule has 0 radical (unpaired) electrons. The summed E-state index contributed by atoms with van der Waals surface area (Å²) in [4.78, 5) is 22.7. The highest BCUT2D eigenvalue weighted by molar-refractivity contribution is 6.30. The number of para-hydroxylation sites is 1. The molecule has 3 aromatic carbocycles. The number of aliphatic carboxylic acids is 2. The van der Waals surface area contributed by atoms with Crippen molar-refractivity contribution >= 4 is 29.5 Å². The third kappa shape index (κ3) is 6.85. The summed E-state index contributed by atoms with van der Waals surface area (Å²) in [6.07, 6.45) is 1.85. The number of carboxylic acids is 2. The Morgan fingerprint density at radius 2 is 1.62 bits per heavy atom. The fraction of sp³-hybridized carbons (Fsp3) is 0.0800. The number of nitrogens with one attached hydrogen (secondary N) is 1. The molecule has 4 aromatic rings. The first-order valence-electron chi connectivity index (χ1n) is 10.1. The minimum Gasteiger partial charge on any atom is -0.473 e. The number of halogens is 1. The molecule has 1 aromatic heterocycles. The molecule has 0 saturated carbocycles. The van der Waals surface area contributed by atoms with E-state index < -0.39 is 11.9 Å². The van der Waals surface area contributed by atoms with Crippen LogP contribution in [0.4, 0.5) is 5.95 Å².